The molecule has 0 spiro atoms. The van der Waals surface area contributed by atoms with Gasteiger partial charge in [0.05, 0.1) is 12.1 Å². The fourth-order valence-electron chi connectivity index (χ4n) is 4.60. The normalized spacial score (nSPS) is 20.0. The predicted molar refractivity (Wildman–Crippen MR) is 127 cm³/mol. The molecule has 8 heteroatoms. The Morgan fingerprint density at radius 3 is 2.79 bits per heavy atom. The Kier molecular flexibility index (Phi) is 5.50. The molecule has 1 aliphatic rings. The zero-order valence-corrected chi connectivity index (χ0v) is 19.3. The van der Waals surface area contributed by atoms with Crippen LogP contribution in [0.4, 0.5) is 4.39 Å². The number of likely N-dealkylation sites (tertiary alicyclic amines) is 1. The van der Waals surface area contributed by atoms with E-state index in [0.29, 0.717) is 29.0 Å². The monoisotopic (exact) mass is 448 g/mol. The maximum atomic E-state index is 14.2. The first-order valence-corrected chi connectivity index (χ1v) is 11.5. The predicted octanol–water partition coefficient (Wildman–Crippen LogP) is 4.36. The molecule has 33 heavy (non-hydrogen) atoms. The van der Waals surface area contributed by atoms with E-state index in [2.05, 4.69) is 41.2 Å². The number of fused-ring (bicyclic) bond motifs is 2. The Hall–Kier alpha value is -3.10. The summed E-state index contributed by atoms with van der Waals surface area (Å²) < 4.78 is 21.6. The van der Waals surface area contributed by atoms with Crippen molar-refractivity contribution < 1.29 is 9.13 Å². The van der Waals surface area contributed by atoms with Gasteiger partial charge in [0.15, 0.2) is 23.0 Å². The van der Waals surface area contributed by atoms with E-state index in [1.165, 1.54) is 11.6 Å². The highest BCUT2D eigenvalue weighted by Gasteiger charge is 2.35. The van der Waals surface area contributed by atoms with Gasteiger partial charge in [0.1, 0.15) is 5.69 Å². The van der Waals surface area contributed by atoms with Crippen LogP contribution in [-0.2, 0) is 0 Å². The largest absolute Gasteiger partial charge is 0.491 e. The number of aromatic nitrogens is 4. The fraction of sp³-hybridized carbons (Fsp3) is 0.400. The van der Waals surface area contributed by atoms with E-state index in [1.807, 2.05) is 29.5 Å². The number of hydrogen-bond donors (Lipinski definition) is 1. The Labute approximate surface area is 192 Å². The molecule has 1 saturated heterocycles. The molecule has 2 N–H and O–H groups in total. The van der Waals surface area contributed by atoms with Crippen LogP contribution in [0.1, 0.15) is 45.2 Å². The number of rotatable bonds is 6. The van der Waals surface area contributed by atoms with Crippen molar-refractivity contribution in [1.82, 2.24) is 24.5 Å². The third-order valence-electron chi connectivity index (χ3n) is 6.85. The molecule has 1 fully saturated rings. The molecule has 1 unspecified atom stereocenters. The van der Waals surface area contributed by atoms with Crippen LogP contribution in [0.3, 0.4) is 0 Å². The third-order valence-corrected chi connectivity index (χ3v) is 6.85. The molecule has 0 radical (unpaired) electrons. The van der Waals surface area contributed by atoms with Gasteiger partial charge in [-0.3, -0.25) is 9.30 Å². The van der Waals surface area contributed by atoms with E-state index < -0.39 is 5.82 Å². The average molecular weight is 449 g/mol. The minimum atomic E-state index is -0.392. The van der Waals surface area contributed by atoms with Gasteiger partial charge < -0.3 is 10.5 Å². The number of ether oxygens (including phenoxy) is 1. The quantitative estimate of drug-likeness (QED) is 0.472. The van der Waals surface area contributed by atoms with Crippen LogP contribution >= 0.6 is 0 Å². The highest BCUT2D eigenvalue weighted by atomic mass is 19.1. The highest BCUT2D eigenvalue weighted by Crippen LogP contribution is 2.31. The van der Waals surface area contributed by atoms with Crippen LogP contribution in [0.25, 0.3) is 28.1 Å². The number of nitrogens with two attached hydrogens (primary N) is 1. The van der Waals surface area contributed by atoms with E-state index in [1.54, 1.807) is 6.07 Å². The zero-order chi connectivity index (χ0) is 23.2. The van der Waals surface area contributed by atoms with Crippen molar-refractivity contribution in [2.24, 2.45) is 5.73 Å². The average Bonchev–Trinajstić information content (AvgIpc) is 3.43. The number of hydrogen-bond acceptors (Lipinski definition) is 6. The molecule has 1 aliphatic heterocycles. The topological polar surface area (TPSA) is 81.6 Å². The van der Waals surface area contributed by atoms with Gasteiger partial charge in [-0.2, -0.15) is 0 Å². The molecule has 0 saturated carbocycles. The lowest BCUT2D eigenvalue weighted by molar-refractivity contribution is 0.242. The summed E-state index contributed by atoms with van der Waals surface area (Å²) in [6, 6.07) is 11.1. The summed E-state index contributed by atoms with van der Waals surface area (Å²) in [7, 11) is 0. The minimum Gasteiger partial charge on any atom is -0.491 e. The molecule has 172 valence electrons. The third kappa shape index (κ3) is 3.94. The first-order valence-electron chi connectivity index (χ1n) is 11.5. The summed E-state index contributed by atoms with van der Waals surface area (Å²) in [6.07, 6.45) is 4.08. The summed E-state index contributed by atoms with van der Waals surface area (Å²) in [6.45, 7) is 8.47. The maximum absolute atomic E-state index is 14.2. The SMILES string of the molecule is CCOc1cc2nc(-c3nnc4ccc([C@@H](C)N5CCC(N)(CC)C5)cn34)ccc2cc1F. The number of halogens is 1. The van der Waals surface area contributed by atoms with Gasteiger partial charge in [-0.1, -0.05) is 19.1 Å². The van der Waals surface area contributed by atoms with E-state index >= 15 is 0 Å². The van der Waals surface area contributed by atoms with Crippen LogP contribution in [-0.4, -0.2) is 49.7 Å². The van der Waals surface area contributed by atoms with Crippen LogP contribution in [0.15, 0.2) is 42.6 Å². The van der Waals surface area contributed by atoms with Crippen molar-refractivity contribution in [3.8, 4) is 17.3 Å². The Morgan fingerprint density at radius 2 is 2.03 bits per heavy atom. The Morgan fingerprint density at radius 1 is 1.18 bits per heavy atom. The first-order chi connectivity index (χ1) is 15.9. The number of pyridine rings is 2. The van der Waals surface area contributed by atoms with Gasteiger partial charge in [0.2, 0.25) is 0 Å². The second-order valence-corrected chi connectivity index (χ2v) is 8.93. The van der Waals surface area contributed by atoms with Crippen molar-refractivity contribution in [3.05, 3.63) is 54.0 Å². The maximum Gasteiger partial charge on any atom is 0.187 e. The molecule has 2 atom stereocenters. The molecule has 0 aliphatic carbocycles. The smallest absolute Gasteiger partial charge is 0.187 e. The molecule has 1 aromatic carbocycles. The minimum absolute atomic E-state index is 0.102. The molecule has 3 aromatic heterocycles. The van der Waals surface area contributed by atoms with Crippen LogP contribution in [0.2, 0.25) is 0 Å². The summed E-state index contributed by atoms with van der Waals surface area (Å²) in [4.78, 5) is 7.17. The van der Waals surface area contributed by atoms with E-state index in [0.717, 1.165) is 31.6 Å². The van der Waals surface area contributed by atoms with Crippen molar-refractivity contribution >= 4 is 16.6 Å². The lowest BCUT2D eigenvalue weighted by Gasteiger charge is -2.27. The van der Waals surface area contributed by atoms with Crippen LogP contribution in [0, 0.1) is 5.82 Å². The van der Waals surface area contributed by atoms with Crippen molar-refractivity contribution in [1.29, 1.82) is 0 Å². The van der Waals surface area contributed by atoms with Gasteiger partial charge in [-0.15, -0.1) is 10.2 Å². The Bertz CT molecular complexity index is 1320. The second kappa shape index (κ2) is 8.35. The lowest BCUT2D eigenvalue weighted by atomic mass is 9.97. The van der Waals surface area contributed by atoms with Gasteiger partial charge in [-0.05, 0) is 50.5 Å². The van der Waals surface area contributed by atoms with E-state index in [9.17, 15) is 4.39 Å². The fourth-order valence-corrected chi connectivity index (χ4v) is 4.60. The zero-order valence-electron chi connectivity index (χ0n) is 19.3. The highest BCUT2D eigenvalue weighted by molar-refractivity contribution is 5.82. The van der Waals surface area contributed by atoms with E-state index in [-0.39, 0.29) is 17.3 Å². The van der Waals surface area contributed by atoms with Gasteiger partial charge in [0.25, 0.3) is 0 Å². The standard InChI is InChI=1S/C25H29FN6O/c1-4-25(27)10-11-31(15-25)16(3)18-7-9-23-29-30-24(32(23)14-18)20-8-6-17-12-19(26)22(33-5-2)13-21(17)28-20/h6-9,12-14,16H,4-5,10-11,15,27H2,1-3H3/t16-,25?/m1/s1. The molecule has 5 rings (SSSR count). The molecule has 4 aromatic rings. The summed E-state index contributed by atoms with van der Waals surface area (Å²) >= 11 is 0. The van der Waals surface area contributed by atoms with Gasteiger partial charge in [-0.25, -0.2) is 9.37 Å². The van der Waals surface area contributed by atoms with Gasteiger partial charge in [0, 0.05) is 42.3 Å². The van der Waals surface area contributed by atoms with Crippen LogP contribution in [0.5, 0.6) is 5.75 Å². The Balaban J connectivity index is 1.51. The second-order valence-electron chi connectivity index (χ2n) is 8.93. The summed E-state index contributed by atoms with van der Waals surface area (Å²) in [5.74, 6) is 0.453. The van der Waals surface area contributed by atoms with Crippen molar-refractivity contribution in [3.63, 3.8) is 0 Å². The number of benzene rings is 1. The van der Waals surface area contributed by atoms with Gasteiger partial charge >= 0.3 is 0 Å². The molecule has 0 amide bonds. The van der Waals surface area contributed by atoms with Crippen molar-refractivity contribution in [2.45, 2.75) is 45.2 Å². The van der Waals surface area contributed by atoms with Crippen LogP contribution < -0.4 is 10.5 Å². The molecular weight excluding hydrogens is 419 g/mol. The molecule has 4 heterocycles. The first kappa shape index (κ1) is 21.7. The molecule has 0 bridgehead atoms. The van der Waals surface area contributed by atoms with E-state index in [4.69, 9.17) is 15.5 Å². The van der Waals surface area contributed by atoms with Crippen molar-refractivity contribution in [2.75, 3.05) is 19.7 Å². The lowest BCUT2D eigenvalue weighted by Crippen LogP contribution is -2.42. The molecule has 7 nitrogen and oxygen atoms in total. The number of nitrogens with zero attached hydrogens (tertiary/aromatic N) is 5. The molecular formula is C25H29FN6O. The summed E-state index contributed by atoms with van der Waals surface area (Å²) in [5.41, 5.74) is 9.65. The summed E-state index contributed by atoms with van der Waals surface area (Å²) in [5, 5.41) is 9.43.